The minimum atomic E-state index is 0.519. The summed E-state index contributed by atoms with van der Waals surface area (Å²) in [6.07, 6.45) is 14.2. The maximum Gasteiger partial charge on any atom is 0.0605 e. The van der Waals surface area contributed by atoms with Crippen LogP contribution in [0.2, 0.25) is 0 Å². The van der Waals surface area contributed by atoms with E-state index < -0.39 is 0 Å². The molecule has 0 bridgehead atoms. The normalized spacial score (nSPS) is 25.4. The molecule has 1 aromatic heterocycles. The second-order valence-corrected chi connectivity index (χ2v) is 5.85. The standard InChI is InChI=1S/C16H24N2/c1-2-4-8-14(9-5-3-1)18-15-11-10-13-7-6-12-17-16(13)15/h6-7,12,14-15,18H,1-5,8-11H2. The molecule has 1 heterocycles. The number of hydrogen-bond donors (Lipinski definition) is 1. The number of aromatic nitrogens is 1. The van der Waals surface area contributed by atoms with Crippen molar-refractivity contribution in [1.29, 1.82) is 0 Å². The largest absolute Gasteiger partial charge is 0.306 e. The van der Waals surface area contributed by atoms with Crippen LogP contribution in [0.1, 0.15) is 68.7 Å². The fraction of sp³-hybridized carbons (Fsp3) is 0.688. The molecule has 1 unspecified atom stereocenters. The van der Waals surface area contributed by atoms with E-state index in [1.807, 2.05) is 6.20 Å². The van der Waals surface area contributed by atoms with E-state index in [1.165, 1.54) is 69.0 Å². The molecule has 1 N–H and O–H groups in total. The molecule has 1 atom stereocenters. The lowest BCUT2D eigenvalue weighted by Crippen LogP contribution is -2.32. The molecule has 2 aliphatic carbocycles. The Kier molecular flexibility index (Phi) is 3.94. The average Bonchev–Trinajstić information content (AvgIpc) is 2.76. The molecule has 98 valence electrons. The van der Waals surface area contributed by atoms with Gasteiger partial charge in [-0.25, -0.2) is 0 Å². The van der Waals surface area contributed by atoms with Crippen molar-refractivity contribution in [3.05, 3.63) is 29.6 Å². The number of fused-ring (bicyclic) bond motifs is 1. The highest BCUT2D eigenvalue weighted by Crippen LogP contribution is 2.30. The molecule has 2 aliphatic rings. The van der Waals surface area contributed by atoms with Crippen LogP contribution in [0, 0.1) is 0 Å². The third-order valence-corrected chi connectivity index (χ3v) is 4.50. The molecule has 0 amide bonds. The number of rotatable bonds is 2. The fourth-order valence-electron chi connectivity index (χ4n) is 3.48. The van der Waals surface area contributed by atoms with Crippen LogP contribution in [0.4, 0.5) is 0 Å². The molecule has 1 aromatic rings. The van der Waals surface area contributed by atoms with Gasteiger partial charge in [0.1, 0.15) is 0 Å². The maximum atomic E-state index is 4.59. The molecule has 0 spiro atoms. The lowest BCUT2D eigenvalue weighted by molar-refractivity contribution is 0.350. The van der Waals surface area contributed by atoms with E-state index in [2.05, 4.69) is 22.4 Å². The summed E-state index contributed by atoms with van der Waals surface area (Å²) in [5, 5.41) is 3.88. The second-order valence-electron chi connectivity index (χ2n) is 5.85. The molecule has 3 rings (SSSR count). The zero-order chi connectivity index (χ0) is 12.2. The highest BCUT2D eigenvalue weighted by atomic mass is 15.0. The molecule has 18 heavy (non-hydrogen) atoms. The van der Waals surface area contributed by atoms with Gasteiger partial charge in [-0.15, -0.1) is 0 Å². The van der Waals surface area contributed by atoms with Crippen LogP contribution in [-0.2, 0) is 6.42 Å². The Morgan fingerprint density at radius 1 is 1.00 bits per heavy atom. The maximum absolute atomic E-state index is 4.59. The van der Waals surface area contributed by atoms with Crippen LogP contribution in [-0.4, -0.2) is 11.0 Å². The first-order chi connectivity index (χ1) is 8.93. The Morgan fingerprint density at radius 3 is 2.61 bits per heavy atom. The van der Waals surface area contributed by atoms with E-state index >= 15 is 0 Å². The average molecular weight is 244 g/mol. The summed E-state index contributed by atoms with van der Waals surface area (Å²) < 4.78 is 0. The number of aryl methyl sites for hydroxylation is 1. The van der Waals surface area contributed by atoms with E-state index in [9.17, 15) is 0 Å². The van der Waals surface area contributed by atoms with Gasteiger partial charge in [0.25, 0.3) is 0 Å². The summed E-state index contributed by atoms with van der Waals surface area (Å²) in [7, 11) is 0. The third kappa shape index (κ3) is 2.74. The molecule has 2 nitrogen and oxygen atoms in total. The minimum Gasteiger partial charge on any atom is -0.306 e. The first kappa shape index (κ1) is 12.2. The first-order valence-electron chi connectivity index (χ1n) is 7.63. The van der Waals surface area contributed by atoms with Gasteiger partial charge in [-0.2, -0.15) is 0 Å². The summed E-state index contributed by atoms with van der Waals surface area (Å²) in [6.45, 7) is 0. The number of pyridine rings is 1. The molecular formula is C16H24N2. The van der Waals surface area contributed by atoms with Gasteiger partial charge in [0, 0.05) is 12.2 Å². The van der Waals surface area contributed by atoms with E-state index in [1.54, 1.807) is 0 Å². The number of nitrogens with zero attached hydrogens (tertiary/aromatic N) is 1. The highest BCUT2D eigenvalue weighted by molar-refractivity contribution is 5.27. The van der Waals surface area contributed by atoms with Gasteiger partial charge < -0.3 is 5.32 Å². The van der Waals surface area contributed by atoms with Gasteiger partial charge in [0.05, 0.1) is 11.7 Å². The molecule has 1 saturated carbocycles. The van der Waals surface area contributed by atoms with Crippen molar-refractivity contribution in [3.8, 4) is 0 Å². The molecule has 2 heteroatoms. The minimum absolute atomic E-state index is 0.519. The van der Waals surface area contributed by atoms with Gasteiger partial charge in [-0.3, -0.25) is 4.98 Å². The molecule has 0 aliphatic heterocycles. The summed E-state index contributed by atoms with van der Waals surface area (Å²) in [5.41, 5.74) is 2.78. The quantitative estimate of drug-likeness (QED) is 0.856. The summed E-state index contributed by atoms with van der Waals surface area (Å²) >= 11 is 0. The van der Waals surface area contributed by atoms with E-state index in [-0.39, 0.29) is 0 Å². The van der Waals surface area contributed by atoms with Gasteiger partial charge >= 0.3 is 0 Å². The second kappa shape index (κ2) is 5.83. The van der Waals surface area contributed by atoms with Gasteiger partial charge in [0.15, 0.2) is 0 Å². The van der Waals surface area contributed by atoms with Crippen LogP contribution < -0.4 is 5.32 Å². The van der Waals surface area contributed by atoms with E-state index in [4.69, 9.17) is 0 Å². The monoisotopic (exact) mass is 244 g/mol. The predicted octanol–water partition coefficient (Wildman–Crippen LogP) is 3.77. The SMILES string of the molecule is c1cnc2c(c1)CCC2NC1CCCCCCC1. The van der Waals surface area contributed by atoms with Crippen molar-refractivity contribution in [3.63, 3.8) is 0 Å². The molecule has 0 aromatic carbocycles. The Morgan fingerprint density at radius 2 is 1.78 bits per heavy atom. The Bertz CT molecular complexity index is 380. The third-order valence-electron chi connectivity index (χ3n) is 4.50. The van der Waals surface area contributed by atoms with E-state index in [0.29, 0.717) is 6.04 Å². The molecule has 0 saturated heterocycles. The van der Waals surface area contributed by atoms with Crippen LogP contribution in [0.15, 0.2) is 18.3 Å². The van der Waals surface area contributed by atoms with Crippen molar-refractivity contribution in [2.75, 3.05) is 0 Å². The molecule has 1 fully saturated rings. The summed E-state index contributed by atoms with van der Waals surface area (Å²) in [4.78, 5) is 4.59. The molecular weight excluding hydrogens is 220 g/mol. The topological polar surface area (TPSA) is 24.9 Å². The number of nitrogens with one attached hydrogen (secondary N) is 1. The van der Waals surface area contributed by atoms with Crippen LogP contribution in [0.5, 0.6) is 0 Å². The Balaban J connectivity index is 1.62. The number of hydrogen-bond acceptors (Lipinski definition) is 2. The summed E-state index contributed by atoms with van der Waals surface area (Å²) in [6, 6.07) is 5.55. The lowest BCUT2D eigenvalue weighted by Gasteiger charge is -2.25. The van der Waals surface area contributed by atoms with Crippen molar-refractivity contribution >= 4 is 0 Å². The fourth-order valence-corrected chi connectivity index (χ4v) is 3.48. The van der Waals surface area contributed by atoms with Crippen LogP contribution >= 0.6 is 0 Å². The van der Waals surface area contributed by atoms with Crippen molar-refractivity contribution in [2.24, 2.45) is 0 Å². The van der Waals surface area contributed by atoms with E-state index in [0.717, 1.165) is 6.04 Å². The van der Waals surface area contributed by atoms with Crippen molar-refractivity contribution in [2.45, 2.75) is 69.9 Å². The highest BCUT2D eigenvalue weighted by Gasteiger charge is 2.25. The van der Waals surface area contributed by atoms with Crippen LogP contribution in [0.25, 0.3) is 0 Å². The van der Waals surface area contributed by atoms with Gasteiger partial charge in [-0.05, 0) is 37.3 Å². The van der Waals surface area contributed by atoms with Crippen molar-refractivity contribution < 1.29 is 0 Å². The van der Waals surface area contributed by atoms with Crippen LogP contribution in [0.3, 0.4) is 0 Å². The summed E-state index contributed by atoms with van der Waals surface area (Å²) in [5.74, 6) is 0. The van der Waals surface area contributed by atoms with Crippen molar-refractivity contribution in [1.82, 2.24) is 10.3 Å². The lowest BCUT2D eigenvalue weighted by atomic mass is 9.96. The first-order valence-corrected chi connectivity index (χ1v) is 7.63. The van der Waals surface area contributed by atoms with Gasteiger partial charge in [0.2, 0.25) is 0 Å². The molecule has 0 radical (unpaired) electrons. The Hall–Kier alpha value is -0.890. The predicted molar refractivity (Wildman–Crippen MR) is 74.5 cm³/mol. The Labute approximate surface area is 110 Å². The zero-order valence-electron chi connectivity index (χ0n) is 11.2. The van der Waals surface area contributed by atoms with Gasteiger partial charge in [-0.1, -0.05) is 38.2 Å². The smallest absolute Gasteiger partial charge is 0.0605 e. The zero-order valence-corrected chi connectivity index (χ0v) is 11.2.